The number of rotatable bonds is 6. The summed E-state index contributed by atoms with van der Waals surface area (Å²) in [5, 5.41) is 20.8. The zero-order valence-electron chi connectivity index (χ0n) is 16.8. The quantitative estimate of drug-likeness (QED) is 0.496. The van der Waals surface area contributed by atoms with E-state index in [2.05, 4.69) is 0 Å². The molecule has 2 aliphatic heterocycles. The van der Waals surface area contributed by atoms with Gasteiger partial charge >= 0.3 is 5.97 Å². The molecule has 0 bridgehead atoms. The summed E-state index contributed by atoms with van der Waals surface area (Å²) in [6.07, 6.45) is 0. The van der Waals surface area contributed by atoms with E-state index in [0.29, 0.717) is 55.7 Å². The highest BCUT2D eigenvalue weighted by molar-refractivity contribution is 6.13. The second-order valence-electron chi connectivity index (χ2n) is 7.44. The summed E-state index contributed by atoms with van der Waals surface area (Å²) in [5.74, 6) is 0.210. The molecule has 0 fully saturated rings. The Balaban J connectivity index is 1.87. The lowest BCUT2D eigenvalue weighted by atomic mass is 9.87. The Morgan fingerprint density at radius 3 is 2.41 bits per heavy atom. The maximum absolute atomic E-state index is 12.8. The first-order chi connectivity index (χ1) is 15.5. The highest BCUT2D eigenvalue weighted by Gasteiger charge is 2.33. The van der Waals surface area contributed by atoms with Gasteiger partial charge in [-0.3, -0.25) is 4.79 Å². The first-order valence-corrected chi connectivity index (χ1v) is 9.86. The number of aliphatic hydroxyl groups is 2. The summed E-state index contributed by atoms with van der Waals surface area (Å²) in [5.41, 5.74) is 8.29. The van der Waals surface area contributed by atoms with E-state index in [0.717, 1.165) is 0 Å². The van der Waals surface area contributed by atoms with Crippen molar-refractivity contribution in [2.24, 2.45) is 5.73 Å². The molecule has 3 aromatic rings. The van der Waals surface area contributed by atoms with Gasteiger partial charge in [0.1, 0.15) is 12.4 Å². The van der Waals surface area contributed by atoms with Crippen LogP contribution in [0.2, 0.25) is 0 Å². The van der Waals surface area contributed by atoms with E-state index in [1.807, 2.05) is 0 Å². The van der Waals surface area contributed by atoms with Gasteiger partial charge < -0.3 is 34.9 Å². The molecular formula is C23H19NO8. The number of hydrogen-bond acceptors (Lipinski definition) is 8. The van der Waals surface area contributed by atoms with Crippen molar-refractivity contribution in [3.8, 4) is 28.4 Å². The summed E-state index contributed by atoms with van der Waals surface area (Å²) in [6, 6.07) is 8.70. The minimum absolute atomic E-state index is 0.0358. The highest BCUT2D eigenvalue weighted by Crippen LogP contribution is 2.47. The molecule has 2 heterocycles. The summed E-state index contributed by atoms with van der Waals surface area (Å²) in [6.45, 7) is -0.951. The first-order valence-electron chi connectivity index (χ1n) is 9.86. The lowest BCUT2D eigenvalue weighted by molar-refractivity contribution is -0.119. The van der Waals surface area contributed by atoms with Crippen molar-refractivity contribution in [1.82, 2.24) is 0 Å². The Hall–Kier alpha value is -3.82. The standard InChI is InChI=1S/C23H19NO8/c24-19(27)9-29-22-15-4-13(7-26)12(6-25)3-14(15)20(21-16(22)8-30-23(21)28)11-1-2-17-18(5-11)32-10-31-17/h1-5,25-26H,6-10H2,(H2,24,27). The molecule has 9 nitrogen and oxygen atoms in total. The molecule has 164 valence electrons. The van der Waals surface area contributed by atoms with Gasteiger partial charge in [-0.15, -0.1) is 0 Å². The number of primary amides is 1. The zero-order chi connectivity index (χ0) is 22.4. The molecule has 5 rings (SSSR count). The third-order valence-electron chi connectivity index (χ3n) is 5.59. The minimum atomic E-state index is -0.675. The van der Waals surface area contributed by atoms with Crippen LogP contribution in [0.25, 0.3) is 21.9 Å². The van der Waals surface area contributed by atoms with Crippen LogP contribution >= 0.6 is 0 Å². The molecule has 32 heavy (non-hydrogen) atoms. The average molecular weight is 437 g/mol. The van der Waals surface area contributed by atoms with Crippen molar-refractivity contribution in [3.05, 3.63) is 52.6 Å². The van der Waals surface area contributed by atoms with E-state index < -0.39 is 18.5 Å². The van der Waals surface area contributed by atoms with Crippen molar-refractivity contribution < 1.29 is 38.7 Å². The number of benzene rings is 3. The van der Waals surface area contributed by atoms with Crippen molar-refractivity contribution >= 4 is 22.6 Å². The number of aliphatic hydroxyl groups excluding tert-OH is 2. The fraction of sp³-hybridized carbons (Fsp3) is 0.217. The van der Waals surface area contributed by atoms with Crippen molar-refractivity contribution in [3.63, 3.8) is 0 Å². The normalized spacial score (nSPS) is 13.9. The van der Waals surface area contributed by atoms with Gasteiger partial charge in [0.15, 0.2) is 18.1 Å². The minimum Gasteiger partial charge on any atom is -0.483 e. The van der Waals surface area contributed by atoms with E-state index >= 15 is 0 Å². The number of ether oxygens (including phenoxy) is 4. The Kier molecular flexibility index (Phi) is 4.84. The van der Waals surface area contributed by atoms with Crippen LogP contribution in [-0.4, -0.2) is 35.5 Å². The number of carbonyl (C=O) groups excluding carboxylic acids is 2. The molecule has 1 amide bonds. The van der Waals surface area contributed by atoms with E-state index in [1.54, 1.807) is 30.3 Å². The molecule has 0 saturated heterocycles. The molecule has 0 saturated carbocycles. The smallest absolute Gasteiger partial charge is 0.339 e. The van der Waals surface area contributed by atoms with Gasteiger partial charge in [-0.2, -0.15) is 0 Å². The average Bonchev–Trinajstić information content (AvgIpc) is 3.42. The fourth-order valence-corrected chi connectivity index (χ4v) is 4.17. The van der Waals surface area contributed by atoms with Crippen molar-refractivity contribution in [2.45, 2.75) is 19.8 Å². The van der Waals surface area contributed by atoms with Crippen LogP contribution in [-0.2, 0) is 29.4 Å². The lowest BCUT2D eigenvalue weighted by Crippen LogP contribution is -2.20. The molecule has 3 aromatic carbocycles. The molecular weight excluding hydrogens is 418 g/mol. The molecule has 0 radical (unpaired) electrons. The van der Waals surface area contributed by atoms with Gasteiger partial charge in [-0.25, -0.2) is 4.79 Å². The van der Waals surface area contributed by atoms with E-state index in [4.69, 9.17) is 24.7 Å². The number of amides is 1. The predicted molar refractivity (Wildman–Crippen MR) is 111 cm³/mol. The number of fused-ring (bicyclic) bond motifs is 3. The second kappa shape index (κ2) is 7.70. The van der Waals surface area contributed by atoms with E-state index in [1.165, 1.54) is 0 Å². The van der Waals surface area contributed by atoms with Gasteiger partial charge in [0, 0.05) is 16.5 Å². The first kappa shape index (κ1) is 20.1. The summed E-state index contributed by atoms with van der Waals surface area (Å²) in [7, 11) is 0. The molecule has 2 aliphatic rings. The molecule has 4 N–H and O–H groups in total. The van der Waals surface area contributed by atoms with Gasteiger partial charge in [0.2, 0.25) is 6.79 Å². The highest BCUT2D eigenvalue weighted by atomic mass is 16.7. The number of carbonyl (C=O) groups is 2. The predicted octanol–water partition coefficient (Wildman–Crippen LogP) is 1.75. The second-order valence-corrected chi connectivity index (χ2v) is 7.44. The monoisotopic (exact) mass is 437 g/mol. The third kappa shape index (κ3) is 3.10. The maximum atomic E-state index is 12.8. The maximum Gasteiger partial charge on any atom is 0.339 e. The van der Waals surface area contributed by atoms with Crippen LogP contribution in [0.3, 0.4) is 0 Å². The Morgan fingerprint density at radius 1 is 0.969 bits per heavy atom. The molecule has 0 atom stereocenters. The van der Waals surface area contributed by atoms with Crippen molar-refractivity contribution in [2.75, 3.05) is 13.4 Å². The van der Waals surface area contributed by atoms with Gasteiger partial charge in [-0.1, -0.05) is 6.07 Å². The van der Waals surface area contributed by atoms with E-state index in [-0.39, 0.29) is 32.4 Å². The van der Waals surface area contributed by atoms with Crippen LogP contribution in [0.1, 0.15) is 27.0 Å². The number of nitrogens with two attached hydrogens (primary N) is 1. The lowest BCUT2D eigenvalue weighted by Gasteiger charge is -2.19. The SMILES string of the molecule is NC(=O)COc1c2c(c(-c3ccc4c(c3)OCO4)c3cc(CO)c(CO)cc13)C(=O)OC2. The fourth-order valence-electron chi connectivity index (χ4n) is 4.17. The summed E-state index contributed by atoms with van der Waals surface area (Å²) in [4.78, 5) is 24.2. The number of hydrogen-bond donors (Lipinski definition) is 3. The molecule has 9 heteroatoms. The zero-order valence-corrected chi connectivity index (χ0v) is 16.8. The molecule has 0 aliphatic carbocycles. The van der Waals surface area contributed by atoms with Gasteiger partial charge in [0.25, 0.3) is 5.91 Å². The van der Waals surface area contributed by atoms with Crippen LogP contribution < -0.4 is 19.9 Å². The largest absolute Gasteiger partial charge is 0.483 e. The molecule has 0 aromatic heterocycles. The van der Waals surface area contributed by atoms with Crippen LogP contribution in [0.15, 0.2) is 30.3 Å². The van der Waals surface area contributed by atoms with Crippen LogP contribution in [0.4, 0.5) is 0 Å². The Morgan fingerprint density at radius 2 is 1.69 bits per heavy atom. The van der Waals surface area contributed by atoms with Gasteiger partial charge in [-0.05, 0) is 46.3 Å². The third-order valence-corrected chi connectivity index (χ3v) is 5.59. The van der Waals surface area contributed by atoms with Crippen LogP contribution in [0.5, 0.6) is 17.2 Å². The Labute approximate surface area is 181 Å². The van der Waals surface area contributed by atoms with Gasteiger partial charge in [0.05, 0.1) is 18.8 Å². The number of esters is 1. The molecule has 0 spiro atoms. The van der Waals surface area contributed by atoms with Crippen LogP contribution in [0, 0.1) is 0 Å². The van der Waals surface area contributed by atoms with Crippen molar-refractivity contribution in [1.29, 1.82) is 0 Å². The number of cyclic esters (lactones) is 1. The Bertz CT molecular complexity index is 1280. The van der Waals surface area contributed by atoms with E-state index in [9.17, 15) is 19.8 Å². The summed E-state index contributed by atoms with van der Waals surface area (Å²) < 4.78 is 21.9. The molecule has 0 unspecified atom stereocenters. The summed E-state index contributed by atoms with van der Waals surface area (Å²) >= 11 is 0. The topological polar surface area (TPSA) is 138 Å².